The number of benzene rings is 1. The van der Waals surface area contributed by atoms with Crippen LogP contribution in [0.3, 0.4) is 0 Å². The first-order valence-electron chi connectivity index (χ1n) is 5.08. The zero-order valence-electron chi connectivity index (χ0n) is 9.31. The van der Waals surface area contributed by atoms with Gasteiger partial charge in [0.15, 0.2) is 0 Å². The molecule has 1 heterocycles. The van der Waals surface area contributed by atoms with Crippen molar-refractivity contribution in [3.63, 3.8) is 0 Å². The van der Waals surface area contributed by atoms with Gasteiger partial charge in [0.2, 0.25) is 0 Å². The maximum atomic E-state index is 5.64. The number of hydrogen-bond acceptors (Lipinski definition) is 4. The van der Waals surface area contributed by atoms with Crippen LogP contribution in [0.4, 0.5) is 0 Å². The van der Waals surface area contributed by atoms with Crippen LogP contribution in [0.1, 0.15) is 17.2 Å². The van der Waals surface area contributed by atoms with Crippen molar-refractivity contribution >= 4 is 27.3 Å². The summed E-state index contributed by atoms with van der Waals surface area (Å²) >= 11 is 5.10. The van der Waals surface area contributed by atoms with Gasteiger partial charge >= 0.3 is 0 Å². The molecule has 0 aliphatic rings. The highest BCUT2D eigenvalue weighted by molar-refractivity contribution is 9.11. The SMILES string of the molecule is COc1cccc(C(NN)c2csc(Br)c2)c1. The van der Waals surface area contributed by atoms with Gasteiger partial charge in [-0.05, 0) is 50.6 Å². The third-order valence-corrected chi connectivity index (χ3v) is 4.04. The first-order valence-corrected chi connectivity index (χ1v) is 6.76. The number of ether oxygens (including phenoxy) is 1. The molecule has 5 heteroatoms. The van der Waals surface area contributed by atoms with Gasteiger partial charge in [0.25, 0.3) is 0 Å². The lowest BCUT2D eigenvalue weighted by Crippen LogP contribution is -2.28. The molecule has 1 unspecified atom stereocenters. The van der Waals surface area contributed by atoms with Crippen molar-refractivity contribution in [2.75, 3.05) is 7.11 Å². The predicted octanol–water partition coefficient (Wildman–Crippen LogP) is 3.07. The topological polar surface area (TPSA) is 47.3 Å². The standard InChI is InChI=1S/C12H13BrN2OS/c1-16-10-4-2-3-8(5-10)12(15-14)9-6-11(13)17-7-9/h2-7,12,15H,14H2,1H3. The van der Waals surface area contributed by atoms with Crippen LogP contribution >= 0.6 is 27.3 Å². The highest BCUT2D eigenvalue weighted by Crippen LogP contribution is 2.30. The minimum atomic E-state index is -0.0207. The van der Waals surface area contributed by atoms with Crippen LogP contribution in [-0.2, 0) is 0 Å². The van der Waals surface area contributed by atoms with E-state index in [4.69, 9.17) is 10.6 Å². The summed E-state index contributed by atoms with van der Waals surface area (Å²) in [5, 5.41) is 2.08. The van der Waals surface area contributed by atoms with Crippen molar-refractivity contribution in [3.8, 4) is 5.75 Å². The second-order valence-corrected chi connectivity index (χ2v) is 5.85. The van der Waals surface area contributed by atoms with Gasteiger partial charge < -0.3 is 4.74 Å². The number of hydrogen-bond donors (Lipinski definition) is 2. The fourth-order valence-electron chi connectivity index (χ4n) is 1.68. The van der Waals surface area contributed by atoms with Crippen LogP contribution in [0, 0.1) is 0 Å². The highest BCUT2D eigenvalue weighted by atomic mass is 79.9. The zero-order chi connectivity index (χ0) is 12.3. The maximum absolute atomic E-state index is 5.64. The third kappa shape index (κ3) is 2.87. The van der Waals surface area contributed by atoms with E-state index in [2.05, 4.69) is 32.8 Å². The van der Waals surface area contributed by atoms with Crippen molar-refractivity contribution < 1.29 is 4.74 Å². The van der Waals surface area contributed by atoms with Crippen LogP contribution in [0.5, 0.6) is 5.75 Å². The summed E-state index contributed by atoms with van der Waals surface area (Å²) in [7, 11) is 1.66. The summed E-state index contributed by atoms with van der Waals surface area (Å²) in [4.78, 5) is 0. The Kier molecular flexibility index (Phi) is 4.17. The third-order valence-electron chi connectivity index (χ3n) is 2.51. The molecule has 0 fully saturated rings. The number of nitrogens with two attached hydrogens (primary N) is 1. The lowest BCUT2D eigenvalue weighted by Gasteiger charge is -2.15. The summed E-state index contributed by atoms with van der Waals surface area (Å²) in [6, 6.07) is 9.93. The summed E-state index contributed by atoms with van der Waals surface area (Å²) in [5.74, 6) is 6.47. The Bertz CT molecular complexity index is 501. The molecule has 17 heavy (non-hydrogen) atoms. The molecule has 3 nitrogen and oxygen atoms in total. The zero-order valence-corrected chi connectivity index (χ0v) is 11.7. The molecule has 90 valence electrons. The fourth-order valence-corrected chi connectivity index (χ4v) is 2.88. The lowest BCUT2D eigenvalue weighted by atomic mass is 10.0. The van der Waals surface area contributed by atoms with Crippen molar-refractivity contribution in [1.82, 2.24) is 5.43 Å². The Hall–Kier alpha value is -0.880. The number of rotatable bonds is 4. The summed E-state index contributed by atoms with van der Waals surface area (Å²) in [6.07, 6.45) is 0. The molecule has 0 radical (unpaired) electrons. The molecule has 1 aromatic heterocycles. The van der Waals surface area contributed by atoms with Crippen LogP contribution in [-0.4, -0.2) is 7.11 Å². The molecule has 1 atom stereocenters. The second-order valence-electron chi connectivity index (χ2n) is 3.56. The Balaban J connectivity index is 2.34. The highest BCUT2D eigenvalue weighted by Gasteiger charge is 2.14. The first-order chi connectivity index (χ1) is 8.24. The molecular formula is C12H13BrN2OS. The van der Waals surface area contributed by atoms with Crippen molar-refractivity contribution in [2.45, 2.75) is 6.04 Å². The molecule has 0 saturated heterocycles. The molecule has 3 N–H and O–H groups in total. The normalized spacial score (nSPS) is 12.4. The van der Waals surface area contributed by atoms with Crippen LogP contribution < -0.4 is 16.0 Å². The molecule has 1 aromatic carbocycles. The molecule has 0 amide bonds. The number of thiophene rings is 1. The Morgan fingerprint density at radius 3 is 2.76 bits per heavy atom. The van der Waals surface area contributed by atoms with E-state index in [1.54, 1.807) is 18.4 Å². The quantitative estimate of drug-likeness (QED) is 0.674. The lowest BCUT2D eigenvalue weighted by molar-refractivity contribution is 0.413. The van der Waals surface area contributed by atoms with E-state index in [9.17, 15) is 0 Å². The van der Waals surface area contributed by atoms with Gasteiger partial charge in [-0.3, -0.25) is 5.84 Å². The second kappa shape index (κ2) is 5.64. The van der Waals surface area contributed by atoms with Gasteiger partial charge in [0, 0.05) is 0 Å². The Morgan fingerprint density at radius 1 is 1.35 bits per heavy atom. The van der Waals surface area contributed by atoms with Gasteiger partial charge in [0.05, 0.1) is 16.9 Å². The van der Waals surface area contributed by atoms with Gasteiger partial charge in [-0.1, -0.05) is 12.1 Å². The van der Waals surface area contributed by atoms with E-state index in [1.807, 2.05) is 24.3 Å². The van der Waals surface area contributed by atoms with Crippen molar-refractivity contribution in [2.24, 2.45) is 5.84 Å². The number of hydrazine groups is 1. The maximum Gasteiger partial charge on any atom is 0.119 e. The van der Waals surface area contributed by atoms with Gasteiger partial charge in [-0.25, -0.2) is 5.43 Å². The van der Waals surface area contributed by atoms with Crippen LogP contribution in [0.25, 0.3) is 0 Å². The Labute approximate surface area is 113 Å². The number of nitrogens with one attached hydrogen (secondary N) is 1. The van der Waals surface area contributed by atoms with E-state index >= 15 is 0 Å². The molecule has 0 spiro atoms. The minimum absolute atomic E-state index is 0.0207. The van der Waals surface area contributed by atoms with E-state index in [0.29, 0.717) is 0 Å². The summed E-state index contributed by atoms with van der Waals surface area (Å²) in [5.41, 5.74) is 5.05. The fraction of sp³-hybridized carbons (Fsp3) is 0.167. The summed E-state index contributed by atoms with van der Waals surface area (Å²) in [6.45, 7) is 0. The van der Waals surface area contributed by atoms with Crippen molar-refractivity contribution in [3.05, 3.63) is 50.6 Å². The van der Waals surface area contributed by atoms with E-state index in [0.717, 1.165) is 20.7 Å². The van der Waals surface area contributed by atoms with Gasteiger partial charge in [-0.2, -0.15) is 0 Å². The number of methoxy groups -OCH3 is 1. The molecule has 2 rings (SSSR count). The smallest absolute Gasteiger partial charge is 0.119 e. The van der Waals surface area contributed by atoms with Crippen molar-refractivity contribution in [1.29, 1.82) is 0 Å². The van der Waals surface area contributed by atoms with Gasteiger partial charge in [0.1, 0.15) is 5.75 Å². The van der Waals surface area contributed by atoms with Crippen LogP contribution in [0.15, 0.2) is 39.5 Å². The minimum Gasteiger partial charge on any atom is -0.497 e. The summed E-state index contributed by atoms with van der Waals surface area (Å²) < 4.78 is 6.31. The molecule has 0 bridgehead atoms. The van der Waals surface area contributed by atoms with E-state index < -0.39 is 0 Å². The molecule has 0 saturated carbocycles. The predicted molar refractivity (Wildman–Crippen MR) is 74.2 cm³/mol. The molecule has 2 aromatic rings. The average Bonchev–Trinajstić information content (AvgIpc) is 2.77. The Morgan fingerprint density at radius 2 is 2.18 bits per heavy atom. The average molecular weight is 313 g/mol. The van der Waals surface area contributed by atoms with Crippen LogP contribution in [0.2, 0.25) is 0 Å². The van der Waals surface area contributed by atoms with E-state index in [1.165, 1.54) is 0 Å². The monoisotopic (exact) mass is 312 g/mol. The van der Waals surface area contributed by atoms with Gasteiger partial charge in [-0.15, -0.1) is 11.3 Å². The first kappa shape index (κ1) is 12.6. The molecule has 0 aliphatic carbocycles. The largest absolute Gasteiger partial charge is 0.497 e. The molecular weight excluding hydrogens is 300 g/mol. The number of halogens is 1. The molecule has 0 aliphatic heterocycles. The van der Waals surface area contributed by atoms with E-state index in [-0.39, 0.29) is 6.04 Å².